The van der Waals surface area contributed by atoms with Crippen LogP contribution in [-0.2, 0) is 6.61 Å². The molecular weight excluding hydrogens is 200 g/mol. The Labute approximate surface area is 84.8 Å². The van der Waals surface area contributed by atoms with Crippen LogP contribution in [0, 0.1) is 0 Å². The maximum absolute atomic E-state index is 8.74. The van der Waals surface area contributed by atoms with E-state index < -0.39 is 0 Å². The number of aromatic nitrogens is 4. The Morgan fingerprint density at radius 1 is 1.47 bits per heavy atom. The maximum atomic E-state index is 8.74. The number of aliphatic hydroxyl groups excluding tert-OH is 1. The van der Waals surface area contributed by atoms with E-state index in [1.54, 1.807) is 6.07 Å². The van der Waals surface area contributed by atoms with Crippen molar-refractivity contribution in [1.82, 2.24) is 20.1 Å². The highest BCUT2D eigenvalue weighted by Crippen LogP contribution is 2.16. The zero-order valence-corrected chi connectivity index (χ0v) is 7.91. The minimum atomic E-state index is -0.296. The Morgan fingerprint density at radius 2 is 2.33 bits per heavy atom. The van der Waals surface area contributed by atoms with E-state index in [1.165, 1.54) is 13.4 Å². The van der Waals surface area contributed by atoms with Gasteiger partial charge in [0.2, 0.25) is 11.7 Å². The van der Waals surface area contributed by atoms with Gasteiger partial charge >= 0.3 is 0 Å². The molecule has 0 aliphatic heterocycles. The van der Waals surface area contributed by atoms with E-state index in [2.05, 4.69) is 20.1 Å². The van der Waals surface area contributed by atoms with Gasteiger partial charge in [0.1, 0.15) is 18.6 Å². The van der Waals surface area contributed by atoms with Gasteiger partial charge in [-0.25, -0.2) is 9.97 Å². The van der Waals surface area contributed by atoms with Crippen molar-refractivity contribution in [3.63, 3.8) is 0 Å². The quantitative estimate of drug-likeness (QED) is 0.760. The third-order valence-electron chi connectivity index (χ3n) is 1.68. The molecule has 0 saturated carbocycles. The molecule has 1 N–H and O–H groups in total. The molecule has 2 aromatic heterocycles. The minimum absolute atomic E-state index is 0.141. The van der Waals surface area contributed by atoms with Crippen molar-refractivity contribution in [2.75, 3.05) is 7.11 Å². The zero-order valence-electron chi connectivity index (χ0n) is 7.91. The van der Waals surface area contributed by atoms with Crippen LogP contribution in [0.15, 0.2) is 16.9 Å². The van der Waals surface area contributed by atoms with Crippen molar-refractivity contribution in [3.8, 4) is 17.4 Å². The van der Waals surface area contributed by atoms with E-state index >= 15 is 0 Å². The second-order valence-corrected chi connectivity index (χ2v) is 2.62. The molecule has 0 fully saturated rings. The van der Waals surface area contributed by atoms with Crippen LogP contribution in [0.5, 0.6) is 5.88 Å². The fourth-order valence-electron chi connectivity index (χ4n) is 0.997. The topological polar surface area (TPSA) is 94.2 Å². The van der Waals surface area contributed by atoms with Gasteiger partial charge < -0.3 is 14.4 Å². The lowest BCUT2D eigenvalue weighted by molar-refractivity contribution is 0.222. The normalized spacial score (nSPS) is 10.3. The second-order valence-electron chi connectivity index (χ2n) is 2.62. The molecule has 0 atom stereocenters. The first-order chi connectivity index (χ1) is 7.33. The summed E-state index contributed by atoms with van der Waals surface area (Å²) in [5, 5.41) is 12.4. The molecule has 0 unspecified atom stereocenters. The molecule has 0 saturated heterocycles. The Morgan fingerprint density at radius 3 is 3.00 bits per heavy atom. The van der Waals surface area contributed by atoms with Gasteiger partial charge in [-0.3, -0.25) is 0 Å². The standard InChI is InChI=1S/C8H8N4O3/c1-14-6-2-5(9-4-10-6)8-11-7(3-13)15-12-8/h2,4,13H,3H2,1H3. The highest BCUT2D eigenvalue weighted by atomic mass is 16.5. The van der Waals surface area contributed by atoms with E-state index in [0.717, 1.165) is 0 Å². The summed E-state index contributed by atoms with van der Waals surface area (Å²) in [6.45, 7) is -0.296. The van der Waals surface area contributed by atoms with Gasteiger partial charge in [0, 0.05) is 6.07 Å². The van der Waals surface area contributed by atoms with Gasteiger partial charge in [0.25, 0.3) is 5.89 Å². The molecule has 0 aromatic carbocycles. The van der Waals surface area contributed by atoms with E-state index in [9.17, 15) is 0 Å². The molecule has 7 nitrogen and oxygen atoms in total. The molecular formula is C8H8N4O3. The number of ether oxygens (including phenoxy) is 1. The van der Waals surface area contributed by atoms with E-state index in [4.69, 9.17) is 14.4 Å². The van der Waals surface area contributed by atoms with Crippen LogP contribution in [0.1, 0.15) is 5.89 Å². The molecule has 0 bridgehead atoms. The number of hydrogen-bond acceptors (Lipinski definition) is 7. The predicted octanol–water partition coefficient (Wildman–Crippen LogP) is 0.0275. The Hall–Kier alpha value is -2.02. The molecule has 15 heavy (non-hydrogen) atoms. The summed E-state index contributed by atoms with van der Waals surface area (Å²) in [7, 11) is 1.50. The number of hydrogen-bond donors (Lipinski definition) is 1. The largest absolute Gasteiger partial charge is 0.481 e. The molecule has 2 rings (SSSR count). The van der Waals surface area contributed by atoms with Crippen LogP contribution in [0.2, 0.25) is 0 Å². The summed E-state index contributed by atoms with van der Waals surface area (Å²) in [6.07, 6.45) is 1.34. The van der Waals surface area contributed by atoms with Gasteiger partial charge in [-0.15, -0.1) is 0 Å². The van der Waals surface area contributed by atoms with Crippen molar-refractivity contribution in [2.45, 2.75) is 6.61 Å². The summed E-state index contributed by atoms with van der Waals surface area (Å²) in [4.78, 5) is 11.7. The van der Waals surface area contributed by atoms with Crippen LogP contribution in [0.4, 0.5) is 0 Å². The molecule has 0 amide bonds. The fraction of sp³-hybridized carbons (Fsp3) is 0.250. The third kappa shape index (κ3) is 1.91. The number of nitrogens with zero attached hydrogens (tertiary/aromatic N) is 4. The smallest absolute Gasteiger partial charge is 0.252 e. The molecule has 2 aromatic rings. The molecule has 0 aliphatic carbocycles. The lowest BCUT2D eigenvalue weighted by Gasteiger charge is -1.97. The van der Waals surface area contributed by atoms with Crippen molar-refractivity contribution in [2.24, 2.45) is 0 Å². The van der Waals surface area contributed by atoms with Crippen molar-refractivity contribution < 1.29 is 14.4 Å². The summed E-state index contributed by atoms with van der Waals surface area (Å²) in [5.41, 5.74) is 0.477. The van der Waals surface area contributed by atoms with E-state index in [-0.39, 0.29) is 12.5 Å². The van der Waals surface area contributed by atoms with Gasteiger partial charge in [-0.1, -0.05) is 5.16 Å². The first kappa shape index (κ1) is 9.53. The average molecular weight is 208 g/mol. The lowest BCUT2D eigenvalue weighted by atomic mass is 10.4. The summed E-state index contributed by atoms with van der Waals surface area (Å²) < 4.78 is 9.65. The van der Waals surface area contributed by atoms with Gasteiger partial charge in [-0.2, -0.15) is 4.98 Å². The maximum Gasteiger partial charge on any atom is 0.252 e. The summed E-state index contributed by atoms with van der Waals surface area (Å²) in [6, 6.07) is 1.58. The van der Waals surface area contributed by atoms with Gasteiger partial charge in [0.05, 0.1) is 7.11 Å². The molecule has 0 aliphatic rings. The summed E-state index contributed by atoms with van der Waals surface area (Å²) in [5.74, 6) is 0.845. The van der Waals surface area contributed by atoms with Crippen molar-refractivity contribution in [1.29, 1.82) is 0 Å². The minimum Gasteiger partial charge on any atom is -0.481 e. The zero-order chi connectivity index (χ0) is 10.7. The number of methoxy groups -OCH3 is 1. The van der Waals surface area contributed by atoms with E-state index in [1.807, 2.05) is 0 Å². The monoisotopic (exact) mass is 208 g/mol. The van der Waals surface area contributed by atoms with Crippen LogP contribution in [0.3, 0.4) is 0 Å². The van der Waals surface area contributed by atoms with Gasteiger partial charge in [0.15, 0.2) is 0 Å². The molecule has 0 spiro atoms. The highest BCUT2D eigenvalue weighted by molar-refractivity contribution is 5.48. The van der Waals surface area contributed by atoms with Crippen LogP contribution < -0.4 is 4.74 Å². The summed E-state index contributed by atoms with van der Waals surface area (Å²) >= 11 is 0. The van der Waals surface area contributed by atoms with Gasteiger partial charge in [-0.05, 0) is 0 Å². The third-order valence-corrected chi connectivity index (χ3v) is 1.68. The van der Waals surface area contributed by atoms with Crippen LogP contribution in [0.25, 0.3) is 11.5 Å². The molecule has 0 radical (unpaired) electrons. The lowest BCUT2D eigenvalue weighted by Crippen LogP contribution is -1.92. The van der Waals surface area contributed by atoms with Crippen LogP contribution >= 0.6 is 0 Å². The Balaban J connectivity index is 2.35. The molecule has 2 heterocycles. The molecule has 78 valence electrons. The van der Waals surface area contributed by atoms with Crippen molar-refractivity contribution >= 4 is 0 Å². The SMILES string of the molecule is COc1cc(-c2noc(CO)n2)ncn1. The fourth-order valence-corrected chi connectivity index (χ4v) is 0.997. The predicted molar refractivity (Wildman–Crippen MR) is 47.8 cm³/mol. The number of rotatable bonds is 3. The van der Waals surface area contributed by atoms with Crippen LogP contribution in [-0.4, -0.2) is 32.3 Å². The highest BCUT2D eigenvalue weighted by Gasteiger charge is 2.09. The average Bonchev–Trinajstić information content (AvgIpc) is 2.78. The second kappa shape index (κ2) is 4.01. The Kier molecular flexibility index (Phi) is 2.55. The molecule has 7 heteroatoms. The first-order valence-electron chi connectivity index (χ1n) is 4.13. The van der Waals surface area contributed by atoms with Crippen molar-refractivity contribution in [3.05, 3.63) is 18.3 Å². The first-order valence-corrected chi connectivity index (χ1v) is 4.13. The van der Waals surface area contributed by atoms with E-state index in [0.29, 0.717) is 17.4 Å². The number of aliphatic hydroxyl groups is 1. The Bertz CT molecular complexity index is 457.